The molecule has 0 bridgehead atoms. The lowest BCUT2D eigenvalue weighted by Crippen LogP contribution is -2.29. The first kappa shape index (κ1) is 17.1. The van der Waals surface area contributed by atoms with E-state index in [4.69, 9.17) is 0 Å². The van der Waals surface area contributed by atoms with Crippen molar-refractivity contribution in [3.8, 4) is 11.5 Å². The van der Waals surface area contributed by atoms with Gasteiger partial charge in [-0.3, -0.25) is 9.67 Å². The second-order valence-electron chi connectivity index (χ2n) is 6.08. The fourth-order valence-electron chi connectivity index (χ4n) is 2.81. The minimum absolute atomic E-state index is 0.451. The largest absolute Gasteiger partial charge is 0.488 e. The van der Waals surface area contributed by atoms with Gasteiger partial charge in [0.1, 0.15) is 16.7 Å². The Morgan fingerprint density at radius 3 is 2.59 bits per heavy atom. The average Bonchev–Trinajstić information content (AvgIpc) is 3.08. The van der Waals surface area contributed by atoms with Gasteiger partial charge in [-0.2, -0.15) is 5.10 Å². The lowest BCUT2D eigenvalue weighted by Gasteiger charge is -2.10. The molecule has 0 spiro atoms. The van der Waals surface area contributed by atoms with Gasteiger partial charge in [-0.15, -0.1) is 0 Å². The number of aromatic nitrogens is 5. The van der Waals surface area contributed by atoms with Crippen LogP contribution < -0.4 is 10.8 Å². The number of fused-ring (bicyclic) bond motifs is 1. The fraction of sp³-hybridized carbons (Fsp3) is 0.111. The Morgan fingerprint density at radius 1 is 1.07 bits per heavy atom. The van der Waals surface area contributed by atoms with E-state index in [1.807, 2.05) is 37.4 Å². The molecule has 4 rings (SSSR count). The molecule has 1 aromatic carbocycles. The van der Waals surface area contributed by atoms with Crippen LogP contribution >= 0.6 is 0 Å². The summed E-state index contributed by atoms with van der Waals surface area (Å²) in [5, 5.41) is 26.0. The molecule has 3 heterocycles. The molecular formula is C18H17BN6O2. The van der Waals surface area contributed by atoms with Gasteiger partial charge in [0.25, 0.3) is 0 Å². The molecule has 0 radical (unpaired) electrons. The summed E-state index contributed by atoms with van der Waals surface area (Å²) in [5.41, 5.74) is 3.65. The van der Waals surface area contributed by atoms with Crippen molar-refractivity contribution in [2.45, 2.75) is 6.54 Å². The summed E-state index contributed by atoms with van der Waals surface area (Å²) < 4.78 is 1.73. The van der Waals surface area contributed by atoms with Crippen molar-refractivity contribution in [3.63, 3.8) is 0 Å². The highest BCUT2D eigenvalue weighted by molar-refractivity contribution is 6.58. The van der Waals surface area contributed by atoms with E-state index in [2.05, 4.69) is 25.4 Å². The van der Waals surface area contributed by atoms with Gasteiger partial charge in [0, 0.05) is 19.8 Å². The normalized spacial score (nSPS) is 10.9. The SMILES string of the molecule is Cn1ncc2nc(-c3ccccn3)nc(NCc3ccc(B(O)O)cc3)c21. The third-order valence-corrected chi connectivity index (χ3v) is 4.22. The summed E-state index contributed by atoms with van der Waals surface area (Å²) in [6.07, 6.45) is 3.41. The van der Waals surface area contributed by atoms with E-state index in [1.165, 1.54) is 0 Å². The molecule has 0 amide bonds. The molecule has 0 unspecified atom stereocenters. The quantitative estimate of drug-likeness (QED) is 0.450. The van der Waals surface area contributed by atoms with Crippen molar-refractivity contribution in [2.75, 3.05) is 5.32 Å². The molecule has 4 aromatic rings. The predicted octanol–water partition coefficient (Wildman–Crippen LogP) is 0.717. The lowest BCUT2D eigenvalue weighted by atomic mass is 9.80. The minimum Gasteiger partial charge on any atom is -0.423 e. The van der Waals surface area contributed by atoms with Crippen LogP contribution in [0.4, 0.5) is 5.82 Å². The lowest BCUT2D eigenvalue weighted by molar-refractivity contribution is 0.426. The highest BCUT2D eigenvalue weighted by Crippen LogP contribution is 2.23. The maximum absolute atomic E-state index is 9.19. The topological polar surface area (TPSA) is 109 Å². The molecule has 0 aliphatic heterocycles. The number of rotatable bonds is 5. The number of benzene rings is 1. The molecule has 0 aliphatic rings. The Bertz CT molecular complexity index is 1070. The van der Waals surface area contributed by atoms with Gasteiger partial charge in [-0.25, -0.2) is 9.97 Å². The Balaban J connectivity index is 1.66. The molecule has 9 heteroatoms. The highest BCUT2D eigenvalue weighted by atomic mass is 16.4. The van der Waals surface area contributed by atoms with Crippen molar-refractivity contribution in [2.24, 2.45) is 7.05 Å². The first-order chi connectivity index (χ1) is 13.1. The Kier molecular flexibility index (Phi) is 4.53. The third-order valence-electron chi connectivity index (χ3n) is 4.22. The second-order valence-corrected chi connectivity index (χ2v) is 6.08. The van der Waals surface area contributed by atoms with Crippen LogP contribution in [0.3, 0.4) is 0 Å². The maximum atomic E-state index is 9.19. The van der Waals surface area contributed by atoms with Gasteiger partial charge < -0.3 is 15.4 Å². The van der Waals surface area contributed by atoms with Crippen molar-refractivity contribution in [1.29, 1.82) is 0 Å². The molecule has 3 N–H and O–H groups in total. The Labute approximate surface area is 155 Å². The zero-order valence-corrected chi connectivity index (χ0v) is 14.6. The summed E-state index contributed by atoms with van der Waals surface area (Å²) in [4.78, 5) is 13.5. The molecule has 0 atom stereocenters. The van der Waals surface area contributed by atoms with Gasteiger partial charge in [0.05, 0.1) is 6.20 Å². The molecule has 8 nitrogen and oxygen atoms in total. The number of pyridine rings is 1. The summed E-state index contributed by atoms with van der Waals surface area (Å²) >= 11 is 0. The van der Waals surface area contributed by atoms with E-state index >= 15 is 0 Å². The first-order valence-electron chi connectivity index (χ1n) is 8.42. The molecule has 0 saturated heterocycles. The number of hydrogen-bond donors (Lipinski definition) is 3. The van der Waals surface area contributed by atoms with E-state index in [0.29, 0.717) is 29.3 Å². The summed E-state index contributed by atoms with van der Waals surface area (Å²) in [6.45, 7) is 0.515. The number of anilines is 1. The fourth-order valence-corrected chi connectivity index (χ4v) is 2.81. The average molecular weight is 360 g/mol. The Morgan fingerprint density at radius 2 is 1.89 bits per heavy atom. The molecule has 0 saturated carbocycles. The molecular weight excluding hydrogens is 343 g/mol. The van der Waals surface area contributed by atoms with Gasteiger partial charge in [-0.05, 0) is 23.2 Å². The minimum atomic E-state index is -1.47. The first-order valence-corrected chi connectivity index (χ1v) is 8.42. The van der Waals surface area contributed by atoms with Crippen molar-refractivity contribution >= 4 is 29.4 Å². The second kappa shape index (κ2) is 7.14. The van der Waals surface area contributed by atoms with Crippen molar-refractivity contribution in [3.05, 3.63) is 60.4 Å². The van der Waals surface area contributed by atoms with Crippen LogP contribution in [0.25, 0.3) is 22.6 Å². The van der Waals surface area contributed by atoms with Crippen LogP contribution in [-0.2, 0) is 13.6 Å². The predicted molar refractivity (Wildman–Crippen MR) is 103 cm³/mol. The molecule has 0 fully saturated rings. The third kappa shape index (κ3) is 3.50. The smallest absolute Gasteiger partial charge is 0.423 e. The number of hydrogen-bond acceptors (Lipinski definition) is 7. The highest BCUT2D eigenvalue weighted by Gasteiger charge is 2.14. The molecule has 0 aliphatic carbocycles. The van der Waals surface area contributed by atoms with E-state index in [9.17, 15) is 10.0 Å². The van der Waals surface area contributed by atoms with Crippen molar-refractivity contribution < 1.29 is 10.0 Å². The van der Waals surface area contributed by atoms with E-state index in [-0.39, 0.29) is 0 Å². The standard InChI is InChI=1S/C18H17BN6O2/c1-25-16-15(11-22-25)23-17(14-4-2-3-9-20-14)24-18(16)21-10-12-5-7-13(8-6-12)19(26)27/h2-9,11,26-27H,10H2,1H3,(H,21,23,24). The van der Waals surface area contributed by atoms with Gasteiger partial charge in [0.15, 0.2) is 11.6 Å². The zero-order valence-electron chi connectivity index (χ0n) is 14.6. The summed E-state index contributed by atoms with van der Waals surface area (Å²) in [6, 6.07) is 12.6. The molecule has 27 heavy (non-hydrogen) atoms. The number of nitrogens with zero attached hydrogens (tertiary/aromatic N) is 5. The monoisotopic (exact) mass is 360 g/mol. The van der Waals surface area contributed by atoms with Gasteiger partial charge >= 0.3 is 7.12 Å². The van der Waals surface area contributed by atoms with Crippen LogP contribution in [0.2, 0.25) is 0 Å². The van der Waals surface area contributed by atoms with Crippen LogP contribution in [0.15, 0.2) is 54.9 Å². The summed E-state index contributed by atoms with van der Waals surface area (Å²) in [5.74, 6) is 1.18. The van der Waals surface area contributed by atoms with Gasteiger partial charge in [0.2, 0.25) is 0 Å². The van der Waals surface area contributed by atoms with E-state index in [1.54, 1.807) is 29.2 Å². The Hall–Kier alpha value is -3.30. The van der Waals surface area contributed by atoms with Crippen molar-refractivity contribution in [1.82, 2.24) is 24.7 Å². The van der Waals surface area contributed by atoms with Crippen LogP contribution in [0.1, 0.15) is 5.56 Å². The van der Waals surface area contributed by atoms with Crippen LogP contribution in [0.5, 0.6) is 0 Å². The van der Waals surface area contributed by atoms with E-state index < -0.39 is 7.12 Å². The number of nitrogens with one attached hydrogen (secondary N) is 1. The zero-order chi connectivity index (χ0) is 18.8. The van der Waals surface area contributed by atoms with Crippen LogP contribution in [-0.4, -0.2) is 41.9 Å². The van der Waals surface area contributed by atoms with Crippen LogP contribution in [0, 0.1) is 0 Å². The number of aryl methyl sites for hydroxylation is 1. The van der Waals surface area contributed by atoms with E-state index in [0.717, 1.165) is 16.6 Å². The molecule has 3 aromatic heterocycles. The van der Waals surface area contributed by atoms with Gasteiger partial charge in [-0.1, -0.05) is 30.3 Å². The maximum Gasteiger partial charge on any atom is 0.488 e. The summed E-state index contributed by atoms with van der Waals surface area (Å²) in [7, 11) is 0.373. The molecule has 134 valence electrons.